The molecule has 0 aliphatic carbocycles. The molecule has 0 amide bonds. The van der Waals surface area contributed by atoms with Gasteiger partial charge in [-0.15, -0.1) is 0 Å². The molecule has 2 aromatic rings. The summed E-state index contributed by atoms with van der Waals surface area (Å²) in [7, 11) is 0. The lowest BCUT2D eigenvalue weighted by Gasteiger charge is -2.02. The Hall–Kier alpha value is -2.26. The second-order valence-electron chi connectivity index (χ2n) is 3.89. The van der Waals surface area contributed by atoms with Crippen molar-refractivity contribution in [2.45, 2.75) is 20.4 Å². The normalized spacial score (nSPS) is 10.0. The lowest BCUT2D eigenvalue weighted by Crippen LogP contribution is -1.84. The van der Waals surface area contributed by atoms with Crippen LogP contribution in [-0.2, 0) is 6.54 Å². The Morgan fingerprint density at radius 3 is 2.94 bits per heavy atom. The summed E-state index contributed by atoms with van der Waals surface area (Å²) in [6.45, 7) is 4.24. The van der Waals surface area contributed by atoms with Gasteiger partial charge >= 0.3 is 0 Å². The number of nitrogens with zero attached hydrogens (tertiary/aromatic N) is 4. The maximum absolute atomic E-state index is 8.23. The average Bonchev–Trinajstić information content (AvgIpc) is 2.78. The van der Waals surface area contributed by atoms with Gasteiger partial charge in [0.1, 0.15) is 11.5 Å². The summed E-state index contributed by atoms with van der Waals surface area (Å²) in [5.74, 6) is 0.568. The molecule has 0 saturated heterocycles. The van der Waals surface area contributed by atoms with Crippen LogP contribution in [0.1, 0.15) is 16.9 Å². The molecule has 0 bridgehead atoms. The summed E-state index contributed by atoms with van der Waals surface area (Å²) in [4.78, 5) is 2.68. The van der Waals surface area contributed by atoms with Crippen LogP contribution in [0.2, 0.25) is 0 Å². The molecular weight excluding hydrogens is 216 g/mol. The highest BCUT2D eigenvalue weighted by Gasteiger charge is 2.08. The van der Waals surface area contributed by atoms with Gasteiger partial charge in [-0.1, -0.05) is 28.0 Å². The fourth-order valence-electron chi connectivity index (χ4n) is 1.63. The Morgan fingerprint density at radius 1 is 1.35 bits per heavy atom. The number of aromatic nitrogens is 1. The molecule has 1 heterocycles. The number of rotatable bonds is 3. The van der Waals surface area contributed by atoms with E-state index in [1.54, 1.807) is 6.07 Å². The zero-order valence-corrected chi connectivity index (χ0v) is 9.71. The van der Waals surface area contributed by atoms with Gasteiger partial charge in [-0.05, 0) is 31.0 Å². The van der Waals surface area contributed by atoms with Crippen LogP contribution < -0.4 is 0 Å². The second-order valence-corrected chi connectivity index (χ2v) is 3.89. The van der Waals surface area contributed by atoms with Gasteiger partial charge in [0.25, 0.3) is 0 Å². The third-order valence-electron chi connectivity index (χ3n) is 2.52. The lowest BCUT2D eigenvalue weighted by atomic mass is 10.0. The Labute approximate surface area is 98.7 Å². The molecule has 86 valence electrons. The smallest absolute Gasteiger partial charge is 0.143 e. The molecule has 5 nitrogen and oxygen atoms in total. The fourth-order valence-corrected chi connectivity index (χ4v) is 1.63. The number of azide groups is 1. The molecule has 0 aliphatic rings. The first-order chi connectivity index (χ1) is 8.20. The molecule has 0 atom stereocenters. The van der Waals surface area contributed by atoms with Gasteiger partial charge in [-0.25, -0.2) is 0 Å². The van der Waals surface area contributed by atoms with E-state index in [9.17, 15) is 0 Å². The van der Waals surface area contributed by atoms with E-state index in [1.165, 1.54) is 5.56 Å². The molecule has 0 saturated carbocycles. The van der Waals surface area contributed by atoms with Gasteiger partial charge in [-0.2, -0.15) is 0 Å². The van der Waals surface area contributed by atoms with Crippen molar-refractivity contribution in [3.8, 4) is 11.3 Å². The maximum atomic E-state index is 8.23. The van der Waals surface area contributed by atoms with Crippen molar-refractivity contribution in [2.75, 3.05) is 0 Å². The molecular formula is C12H12N4O. The first-order valence-corrected chi connectivity index (χ1v) is 5.25. The van der Waals surface area contributed by atoms with E-state index in [2.05, 4.69) is 27.3 Å². The van der Waals surface area contributed by atoms with Gasteiger partial charge in [0.05, 0.1) is 6.54 Å². The van der Waals surface area contributed by atoms with Crippen LogP contribution in [0.15, 0.2) is 33.9 Å². The molecule has 0 spiro atoms. The van der Waals surface area contributed by atoms with Crippen molar-refractivity contribution >= 4 is 0 Å². The van der Waals surface area contributed by atoms with Crippen LogP contribution in [0, 0.1) is 13.8 Å². The van der Waals surface area contributed by atoms with E-state index in [0.717, 1.165) is 16.8 Å². The molecule has 0 aliphatic heterocycles. The predicted molar refractivity (Wildman–Crippen MR) is 64.3 cm³/mol. The second kappa shape index (κ2) is 4.72. The third kappa shape index (κ3) is 2.46. The summed E-state index contributed by atoms with van der Waals surface area (Å²) in [6.07, 6.45) is 0. The van der Waals surface area contributed by atoms with Crippen molar-refractivity contribution in [1.82, 2.24) is 5.16 Å². The summed E-state index contributed by atoms with van der Waals surface area (Å²) in [6, 6.07) is 7.97. The Bertz CT molecular complexity index is 582. The van der Waals surface area contributed by atoms with Crippen molar-refractivity contribution < 1.29 is 4.52 Å². The van der Waals surface area contributed by atoms with Gasteiger partial charge < -0.3 is 4.52 Å². The lowest BCUT2D eigenvalue weighted by molar-refractivity contribution is 0.387. The molecule has 0 fully saturated rings. The summed E-state index contributed by atoms with van der Waals surface area (Å²) in [5.41, 5.74) is 12.4. The highest BCUT2D eigenvalue weighted by atomic mass is 16.5. The number of hydrogen-bond donors (Lipinski definition) is 0. The van der Waals surface area contributed by atoms with Gasteiger partial charge in [0, 0.05) is 16.5 Å². The minimum absolute atomic E-state index is 0.189. The number of aryl methyl sites for hydroxylation is 2. The van der Waals surface area contributed by atoms with Gasteiger partial charge in [0.2, 0.25) is 0 Å². The first kappa shape index (κ1) is 11.2. The molecule has 5 heteroatoms. The van der Waals surface area contributed by atoms with Crippen molar-refractivity contribution in [2.24, 2.45) is 5.11 Å². The Balaban J connectivity index is 2.36. The Kier molecular flexibility index (Phi) is 3.12. The van der Waals surface area contributed by atoms with Gasteiger partial charge in [0.15, 0.2) is 0 Å². The van der Waals surface area contributed by atoms with E-state index in [-0.39, 0.29) is 6.54 Å². The summed E-state index contributed by atoms with van der Waals surface area (Å²) >= 11 is 0. The minimum Gasteiger partial charge on any atom is -0.361 e. The van der Waals surface area contributed by atoms with Crippen molar-refractivity contribution in [1.29, 1.82) is 0 Å². The molecule has 0 unspecified atom stereocenters. The molecule has 0 radical (unpaired) electrons. The highest BCUT2D eigenvalue weighted by molar-refractivity contribution is 5.64. The number of benzene rings is 1. The van der Waals surface area contributed by atoms with E-state index in [0.29, 0.717) is 5.76 Å². The molecule has 0 N–H and O–H groups in total. The summed E-state index contributed by atoms with van der Waals surface area (Å²) in [5, 5.41) is 7.42. The first-order valence-electron chi connectivity index (χ1n) is 5.25. The van der Waals surface area contributed by atoms with Crippen molar-refractivity contribution in [3.63, 3.8) is 0 Å². The van der Waals surface area contributed by atoms with Crippen LogP contribution in [0.25, 0.3) is 21.7 Å². The van der Waals surface area contributed by atoms with Crippen LogP contribution in [0.5, 0.6) is 0 Å². The van der Waals surface area contributed by atoms with Crippen molar-refractivity contribution in [3.05, 3.63) is 51.6 Å². The van der Waals surface area contributed by atoms with Gasteiger partial charge in [-0.3, -0.25) is 0 Å². The standard InChI is InChI=1S/C12H12N4O/c1-8-3-4-9(2)11(5-8)12-6-10(17-15-12)7-14-16-13/h3-6H,7H2,1-2H3. The largest absolute Gasteiger partial charge is 0.361 e. The highest BCUT2D eigenvalue weighted by Crippen LogP contribution is 2.24. The monoisotopic (exact) mass is 228 g/mol. The molecule has 1 aromatic heterocycles. The molecule has 1 aromatic carbocycles. The Morgan fingerprint density at radius 2 is 2.18 bits per heavy atom. The van der Waals surface area contributed by atoms with Crippen LogP contribution >= 0.6 is 0 Å². The minimum atomic E-state index is 0.189. The van der Waals surface area contributed by atoms with E-state index < -0.39 is 0 Å². The topological polar surface area (TPSA) is 74.8 Å². The average molecular weight is 228 g/mol. The van der Waals surface area contributed by atoms with Crippen LogP contribution in [0.3, 0.4) is 0 Å². The molecule has 17 heavy (non-hydrogen) atoms. The van der Waals surface area contributed by atoms with Crippen LogP contribution in [-0.4, -0.2) is 5.16 Å². The van der Waals surface area contributed by atoms with E-state index >= 15 is 0 Å². The SMILES string of the molecule is Cc1ccc(C)c(-c2cc(CN=[N+]=[N-])on2)c1. The third-order valence-corrected chi connectivity index (χ3v) is 2.52. The predicted octanol–water partition coefficient (Wildman–Crippen LogP) is 3.77. The zero-order chi connectivity index (χ0) is 12.3. The maximum Gasteiger partial charge on any atom is 0.143 e. The quantitative estimate of drug-likeness (QED) is 0.455. The summed E-state index contributed by atoms with van der Waals surface area (Å²) < 4.78 is 5.10. The fraction of sp³-hybridized carbons (Fsp3) is 0.250. The van der Waals surface area contributed by atoms with E-state index in [1.807, 2.05) is 19.9 Å². The van der Waals surface area contributed by atoms with Crippen LogP contribution in [0.4, 0.5) is 0 Å². The van der Waals surface area contributed by atoms with E-state index in [4.69, 9.17) is 10.1 Å². The number of hydrogen-bond acceptors (Lipinski definition) is 3. The molecule has 2 rings (SSSR count). The zero-order valence-electron chi connectivity index (χ0n) is 9.71.